The van der Waals surface area contributed by atoms with E-state index in [-0.39, 0.29) is 37.1 Å². The number of rotatable bonds is 3. The zero-order valence-corrected chi connectivity index (χ0v) is 17.9. The topological polar surface area (TPSA) is 57.7 Å². The maximum Gasteiger partial charge on any atom is 0.416 e. The summed E-state index contributed by atoms with van der Waals surface area (Å²) in [5.41, 5.74) is 1.29. The maximum atomic E-state index is 13.0. The first kappa shape index (κ1) is 22.6. The molecule has 1 amide bonds. The van der Waals surface area contributed by atoms with Crippen LogP contribution in [0.5, 0.6) is 0 Å². The summed E-state index contributed by atoms with van der Waals surface area (Å²) in [6.07, 6.45) is -4.69. The molecule has 0 N–H and O–H groups in total. The zero-order valence-electron chi connectivity index (χ0n) is 16.3. The molecular weight excluding hydrogens is 441 g/mol. The third-order valence-electron chi connectivity index (χ3n) is 5.24. The third-order valence-corrected chi connectivity index (χ3v) is 7.62. The third kappa shape index (κ3) is 4.33. The Bertz CT molecular complexity index is 1080. The molecule has 0 atom stereocenters. The number of hydrogen-bond donors (Lipinski definition) is 0. The molecule has 1 saturated heterocycles. The van der Waals surface area contributed by atoms with Gasteiger partial charge in [0.2, 0.25) is 10.0 Å². The summed E-state index contributed by atoms with van der Waals surface area (Å²) in [6, 6.07) is 7.61. The van der Waals surface area contributed by atoms with Gasteiger partial charge in [0.25, 0.3) is 5.91 Å². The van der Waals surface area contributed by atoms with Gasteiger partial charge in [0.1, 0.15) is 4.90 Å². The number of nitrogens with zero attached hydrogens (tertiary/aromatic N) is 2. The van der Waals surface area contributed by atoms with Crippen LogP contribution in [0.4, 0.5) is 13.2 Å². The molecule has 1 heterocycles. The minimum atomic E-state index is -4.69. The van der Waals surface area contributed by atoms with Crippen LogP contribution < -0.4 is 0 Å². The molecule has 0 aromatic heterocycles. The minimum absolute atomic E-state index is 0.0362. The number of amides is 1. The Morgan fingerprint density at radius 2 is 1.67 bits per heavy atom. The Morgan fingerprint density at radius 1 is 1.03 bits per heavy atom. The van der Waals surface area contributed by atoms with Crippen LogP contribution in [0, 0.1) is 13.8 Å². The first-order valence-corrected chi connectivity index (χ1v) is 11.0. The summed E-state index contributed by atoms with van der Waals surface area (Å²) in [6.45, 7) is 3.93. The minimum Gasteiger partial charge on any atom is -0.336 e. The van der Waals surface area contributed by atoms with Crippen LogP contribution in [0.25, 0.3) is 0 Å². The molecule has 3 rings (SSSR count). The average molecular weight is 461 g/mol. The lowest BCUT2D eigenvalue weighted by molar-refractivity contribution is -0.137. The summed E-state index contributed by atoms with van der Waals surface area (Å²) in [4.78, 5) is 13.8. The summed E-state index contributed by atoms with van der Waals surface area (Å²) in [7, 11) is -4.24. The molecule has 1 aliphatic heterocycles. The van der Waals surface area contributed by atoms with Crippen molar-refractivity contribution in [1.29, 1.82) is 0 Å². The molecule has 0 saturated carbocycles. The van der Waals surface area contributed by atoms with Gasteiger partial charge in [0, 0.05) is 31.7 Å². The highest BCUT2D eigenvalue weighted by atomic mass is 35.5. The van der Waals surface area contributed by atoms with Crippen LogP contribution in [-0.4, -0.2) is 49.7 Å². The second-order valence-corrected chi connectivity index (χ2v) is 9.40. The van der Waals surface area contributed by atoms with E-state index in [1.54, 1.807) is 17.0 Å². The highest BCUT2D eigenvalue weighted by molar-refractivity contribution is 7.89. The Kier molecular flexibility index (Phi) is 6.18. The number of carbonyl (C=O) groups is 1. The Labute approximate surface area is 178 Å². The van der Waals surface area contributed by atoms with E-state index in [1.165, 1.54) is 0 Å². The number of benzene rings is 2. The number of piperazine rings is 1. The highest BCUT2D eigenvalue weighted by Crippen LogP contribution is 2.34. The molecule has 0 bridgehead atoms. The van der Waals surface area contributed by atoms with Crippen molar-refractivity contribution in [3.05, 3.63) is 63.7 Å². The number of aryl methyl sites for hydroxylation is 1. The van der Waals surface area contributed by atoms with E-state index in [1.807, 2.05) is 19.9 Å². The van der Waals surface area contributed by atoms with Gasteiger partial charge in [-0.15, -0.1) is 0 Å². The summed E-state index contributed by atoms with van der Waals surface area (Å²) >= 11 is 5.90. The predicted molar refractivity (Wildman–Crippen MR) is 107 cm³/mol. The zero-order chi connectivity index (χ0) is 22.3. The molecule has 0 unspecified atom stereocenters. The van der Waals surface area contributed by atoms with Gasteiger partial charge in [-0.2, -0.15) is 17.5 Å². The molecule has 2 aromatic rings. The van der Waals surface area contributed by atoms with Crippen molar-refractivity contribution in [2.24, 2.45) is 0 Å². The molecule has 10 heteroatoms. The first-order chi connectivity index (χ1) is 13.9. The van der Waals surface area contributed by atoms with Gasteiger partial charge in [-0.1, -0.05) is 23.7 Å². The van der Waals surface area contributed by atoms with Crippen LogP contribution in [0.15, 0.2) is 41.3 Å². The van der Waals surface area contributed by atoms with Gasteiger partial charge in [-0.25, -0.2) is 8.42 Å². The van der Waals surface area contributed by atoms with Crippen molar-refractivity contribution >= 4 is 27.5 Å². The second-order valence-electron chi connectivity index (χ2n) is 7.09. The number of halogens is 4. The van der Waals surface area contributed by atoms with E-state index in [9.17, 15) is 26.4 Å². The van der Waals surface area contributed by atoms with E-state index >= 15 is 0 Å². The van der Waals surface area contributed by atoms with E-state index in [0.29, 0.717) is 11.6 Å². The van der Waals surface area contributed by atoms with Gasteiger partial charge in [0.15, 0.2) is 0 Å². The van der Waals surface area contributed by atoms with Crippen molar-refractivity contribution in [1.82, 2.24) is 9.21 Å². The fraction of sp³-hybridized carbons (Fsp3) is 0.350. The molecule has 5 nitrogen and oxygen atoms in total. The normalized spacial score (nSPS) is 16.0. The smallest absolute Gasteiger partial charge is 0.336 e. The lowest BCUT2D eigenvalue weighted by Crippen LogP contribution is -2.50. The average Bonchev–Trinajstić information content (AvgIpc) is 2.69. The Hall–Kier alpha value is -2.10. The molecule has 162 valence electrons. The van der Waals surface area contributed by atoms with E-state index < -0.39 is 26.7 Å². The number of hydrogen-bond acceptors (Lipinski definition) is 3. The molecule has 1 aliphatic rings. The van der Waals surface area contributed by atoms with Crippen LogP contribution in [0.1, 0.15) is 27.0 Å². The predicted octanol–water partition coefficient (Wildman–Crippen LogP) is 4.12. The van der Waals surface area contributed by atoms with Gasteiger partial charge in [-0.3, -0.25) is 4.79 Å². The summed E-state index contributed by atoms with van der Waals surface area (Å²) in [5, 5.41) is -0.281. The van der Waals surface area contributed by atoms with Crippen molar-refractivity contribution in [3.63, 3.8) is 0 Å². The Morgan fingerprint density at radius 3 is 2.27 bits per heavy atom. The number of sulfonamides is 1. The lowest BCUT2D eigenvalue weighted by Gasteiger charge is -2.34. The molecule has 30 heavy (non-hydrogen) atoms. The van der Waals surface area contributed by atoms with Crippen LogP contribution in [0.3, 0.4) is 0 Å². The SMILES string of the molecule is Cc1cccc(C(=O)N2CCN(S(=O)(=O)c3cc(C(F)(F)F)ccc3Cl)CC2)c1C. The van der Waals surface area contributed by atoms with E-state index in [2.05, 4.69) is 0 Å². The molecular formula is C20H20ClF3N2O3S. The molecule has 2 aromatic carbocycles. The van der Waals surface area contributed by atoms with Crippen molar-refractivity contribution in [3.8, 4) is 0 Å². The lowest BCUT2D eigenvalue weighted by atomic mass is 10.0. The second kappa shape index (κ2) is 8.20. The van der Waals surface area contributed by atoms with E-state index in [4.69, 9.17) is 11.6 Å². The monoisotopic (exact) mass is 460 g/mol. The summed E-state index contributed by atoms with van der Waals surface area (Å²) in [5.74, 6) is -0.203. The largest absolute Gasteiger partial charge is 0.416 e. The van der Waals surface area contributed by atoms with Crippen LogP contribution >= 0.6 is 11.6 Å². The van der Waals surface area contributed by atoms with Gasteiger partial charge < -0.3 is 4.90 Å². The quantitative estimate of drug-likeness (QED) is 0.692. The number of alkyl halides is 3. The fourth-order valence-electron chi connectivity index (χ4n) is 3.30. The van der Waals surface area contributed by atoms with Crippen molar-refractivity contribution < 1.29 is 26.4 Å². The van der Waals surface area contributed by atoms with Crippen molar-refractivity contribution in [2.45, 2.75) is 24.9 Å². The molecule has 0 spiro atoms. The standard InChI is InChI=1S/C20H20ClF3N2O3S/c1-13-4-3-5-16(14(13)2)19(27)25-8-10-26(11-9-25)30(28,29)18-12-15(20(22,23)24)6-7-17(18)21/h3-7,12H,8-11H2,1-2H3. The number of carbonyl (C=O) groups excluding carboxylic acids is 1. The summed E-state index contributed by atoms with van der Waals surface area (Å²) < 4.78 is 65.9. The maximum absolute atomic E-state index is 13.0. The van der Waals surface area contributed by atoms with Crippen LogP contribution in [-0.2, 0) is 16.2 Å². The molecule has 0 radical (unpaired) electrons. The van der Waals surface area contributed by atoms with Crippen LogP contribution in [0.2, 0.25) is 5.02 Å². The fourth-order valence-corrected chi connectivity index (χ4v) is 5.22. The highest BCUT2D eigenvalue weighted by Gasteiger charge is 2.36. The van der Waals surface area contributed by atoms with Gasteiger partial charge in [-0.05, 0) is 49.2 Å². The van der Waals surface area contributed by atoms with Gasteiger partial charge in [0.05, 0.1) is 10.6 Å². The Balaban J connectivity index is 1.79. The van der Waals surface area contributed by atoms with E-state index in [0.717, 1.165) is 27.6 Å². The first-order valence-electron chi connectivity index (χ1n) is 9.15. The van der Waals surface area contributed by atoms with Crippen molar-refractivity contribution in [2.75, 3.05) is 26.2 Å². The molecule has 1 fully saturated rings. The molecule has 0 aliphatic carbocycles. The van der Waals surface area contributed by atoms with Gasteiger partial charge >= 0.3 is 6.18 Å².